The first kappa shape index (κ1) is 12.3. The zero-order chi connectivity index (χ0) is 12.4. The SMILES string of the molecule is CC1CNCCN1c1ccc(Br)cc1[N+](=O)[O-]. The number of halogens is 1. The molecule has 0 radical (unpaired) electrons. The third kappa shape index (κ3) is 2.58. The van der Waals surface area contributed by atoms with E-state index in [-0.39, 0.29) is 16.7 Å². The van der Waals surface area contributed by atoms with Gasteiger partial charge in [-0.25, -0.2) is 0 Å². The highest BCUT2D eigenvalue weighted by molar-refractivity contribution is 9.10. The second kappa shape index (κ2) is 5.01. The summed E-state index contributed by atoms with van der Waals surface area (Å²) in [5.74, 6) is 0. The average Bonchev–Trinajstić information content (AvgIpc) is 2.30. The second-order valence-electron chi connectivity index (χ2n) is 4.14. The van der Waals surface area contributed by atoms with E-state index < -0.39 is 0 Å². The molecule has 1 N–H and O–H groups in total. The van der Waals surface area contributed by atoms with Crippen LogP contribution in [0.4, 0.5) is 11.4 Å². The second-order valence-corrected chi connectivity index (χ2v) is 5.05. The molecule has 0 aromatic heterocycles. The first-order valence-electron chi connectivity index (χ1n) is 5.51. The van der Waals surface area contributed by atoms with Crippen LogP contribution in [0.15, 0.2) is 22.7 Å². The van der Waals surface area contributed by atoms with Gasteiger partial charge in [-0.2, -0.15) is 0 Å². The molecular weight excluding hydrogens is 286 g/mol. The summed E-state index contributed by atoms with van der Waals surface area (Å²) in [5.41, 5.74) is 0.861. The van der Waals surface area contributed by atoms with Gasteiger partial charge in [0.15, 0.2) is 0 Å². The zero-order valence-corrected chi connectivity index (χ0v) is 11.1. The van der Waals surface area contributed by atoms with Crippen LogP contribution >= 0.6 is 15.9 Å². The Hall–Kier alpha value is -1.14. The van der Waals surface area contributed by atoms with Crippen LogP contribution in [0.3, 0.4) is 0 Å². The molecular formula is C11H14BrN3O2. The van der Waals surface area contributed by atoms with Gasteiger partial charge in [0.1, 0.15) is 5.69 Å². The molecule has 1 heterocycles. The van der Waals surface area contributed by atoms with Gasteiger partial charge < -0.3 is 10.2 Å². The van der Waals surface area contributed by atoms with Crippen LogP contribution in [-0.4, -0.2) is 30.6 Å². The first-order chi connectivity index (χ1) is 8.09. The largest absolute Gasteiger partial charge is 0.361 e. The molecule has 5 nitrogen and oxygen atoms in total. The van der Waals surface area contributed by atoms with Gasteiger partial charge >= 0.3 is 0 Å². The molecule has 6 heteroatoms. The van der Waals surface area contributed by atoms with E-state index in [2.05, 4.69) is 33.1 Å². The standard InChI is InChI=1S/C11H14BrN3O2/c1-8-7-13-4-5-14(8)10-3-2-9(12)6-11(10)15(16)17/h2-3,6,8,13H,4-5,7H2,1H3. The third-order valence-corrected chi connectivity index (χ3v) is 3.44. The summed E-state index contributed by atoms with van der Waals surface area (Å²) >= 11 is 3.27. The Kier molecular flexibility index (Phi) is 3.63. The molecule has 0 amide bonds. The molecule has 1 fully saturated rings. The van der Waals surface area contributed by atoms with Gasteiger partial charge in [0.2, 0.25) is 0 Å². The lowest BCUT2D eigenvalue weighted by Gasteiger charge is -2.35. The number of nitrogens with zero attached hydrogens (tertiary/aromatic N) is 2. The van der Waals surface area contributed by atoms with E-state index in [9.17, 15) is 10.1 Å². The highest BCUT2D eigenvalue weighted by Gasteiger charge is 2.25. The van der Waals surface area contributed by atoms with Crippen molar-refractivity contribution in [1.82, 2.24) is 5.32 Å². The smallest absolute Gasteiger partial charge is 0.293 e. The Balaban J connectivity index is 2.39. The number of nitro benzene ring substituents is 1. The molecule has 1 aliphatic heterocycles. The van der Waals surface area contributed by atoms with Crippen molar-refractivity contribution in [1.29, 1.82) is 0 Å². The highest BCUT2D eigenvalue weighted by Crippen LogP contribution is 2.32. The maximum absolute atomic E-state index is 11.1. The lowest BCUT2D eigenvalue weighted by atomic mass is 10.1. The average molecular weight is 300 g/mol. The van der Waals surface area contributed by atoms with Crippen molar-refractivity contribution in [3.8, 4) is 0 Å². The topological polar surface area (TPSA) is 58.4 Å². The molecule has 1 atom stereocenters. The van der Waals surface area contributed by atoms with E-state index >= 15 is 0 Å². The number of hydrogen-bond acceptors (Lipinski definition) is 4. The van der Waals surface area contributed by atoms with Gasteiger partial charge in [0.05, 0.1) is 4.92 Å². The first-order valence-corrected chi connectivity index (χ1v) is 6.30. The Morgan fingerprint density at radius 3 is 3.00 bits per heavy atom. The zero-order valence-electron chi connectivity index (χ0n) is 9.52. The van der Waals surface area contributed by atoms with Gasteiger partial charge in [-0.15, -0.1) is 0 Å². The van der Waals surface area contributed by atoms with Crippen LogP contribution < -0.4 is 10.2 Å². The number of nitrogens with one attached hydrogen (secondary N) is 1. The Bertz CT molecular complexity index is 439. The van der Waals surface area contributed by atoms with Crippen molar-refractivity contribution in [2.45, 2.75) is 13.0 Å². The lowest BCUT2D eigenvalue weighted by Crippen LogP contribution is -2.50. The lowest BCUT2D eigenvalue weighted by molar-refractivity contribution is -0.384. The maximum atomic E-state index is 11.1. The minimum Gasteiger partial charge on any atom is -0.361 e. The number of benzene rings is 1. The molecule has 92 valence electrons. The van der Waals surface area contributed by atoms with Crippen molar-refractivity contribution in [3.63, 3.8) is 0 Å². The summed E-state index contributed by atoms with van der Waals surface area (Å²) in [5, 5.41) is 14.3. The quantitative estimate of drug-likeness (QED) is 0.671. The fraction of sp³-hybridized carbons (Fsp3) is 0.455. The van der Waals surface area contributed by atoms with Gasteiger partial charge in [0, 0.05) is 36.2 Å². The molecule has 1 saturated heterocycles. The summed E-state index contributed by atoms with van der Waals surface area (Å²) in [6, 6.07) is 5.48. The fourth-order valence-electron chi connectivity index (χ4n) is 2.08. The highest BCUT2D eigenvalue weighted by atomic mass is 79.9. The molecule has 0 saturated carbocycles. The summed E-state index contributed by atoms with van der Waals surface area (Å²) in [7, 11) is 0. The number of anilines is 1. The van der Waals surface area contributed by atoms with E-state index in [0.29, 0.717) is 5.69 Å². The van der Waals surface area contributed by atoms with E-state index in [0.717, 1.165) is 24.1 Å². The third-order valence-electron chi connectivity index (χ3n) is 2.94. The van der Waals surface area contributed by atoms with Gasteiger partial charge in [-0.3, -0.25) is 10.1 Å². The monoisotopic (exact) mass is 299 g/mol. The van der Waals surface area contributed by atoms with Crippen molar-refractivity contribution >= 4 is 27.3 Å². The van der Waals surface area contributed by atoms with E-state index in [1.165, 1.54) is 0 Å². The van der Waals surface area contributed by atoms with Crippen LogP contribution in [0, 0.1) is 10.1 Å². The fourth-order valence-corrected chi connectivity index (χ4v) is 2.43. The van der Waals surface area contributed by atoms with Crippen LogP contribution in [0.25, 0.3) is 0 Å². The maximum Gasteiger partial charge on any atom is 0.293 e. The van der Waals surface area contributed by atoms with Crippen LogP contribution in [0.5, 0.6) is 0 Å². The van der Waals surface area contributed by atoms with E-state index in [1.54, 1.807) is 6.07 Å². The summed E-state index contributed by atoms with van der Waals surface area (Å²) < 4.78 is 0.732. The Labute approximate surface area is 108 Å². The number of nitro groups is 1. The van der Waals surface area contributed by atoms with E-state index in [4.69, 9.17) is 0 Å². The minimum absolute atomic E-state index is 0.160. The van der Waals surface area contributed by atoms with Crippen LogP contribution in [0.2, 0.25) is 0 Å². The van der Waals surface area contributed by atoms with Crippen molar-refractivity contribution in [2.24, 2.45) is 0 Å². The normalized spacial score (nSPS) is 20.4. The predicted molar refractivity (Wildman–Crippen MR) is 70.5 cm³/mol. The summed E-state index contributed by atoms with van der Waals surface area (Å²) in [4.78, 5) is 12.8. The van der Waals surface area contributed by atoms with Gasteiger partial charge in [-0.1, -0.05) is 15.9 Å². The van der Waals surface area contributed by atoms with Crippen LogP contribution in [-0.2, 0) is 0 Å². The molecule has 17 heavy (non-hydrogen) atoms. The number of rotatable bonds is 2. The number of piperazine rings is 1. The Morgan fingerprint density at radius 1 is 1.59 bits per heavy atom. The van der Waals surface area contributed by atoms with Crippen molar-refractivity contribution in [2.75, 3.05) is 24.5 Å². The molecule has 0 spiro atoms. The van der Waals surface area contributed by atoms with Gasteiger partial charge in [0.25, 0.3) is 5.69 Å². The molecule has 0 bridgehead atoms. The summed E-state index contributed by atoms with van der Waals surface area (Å²) in [6.45, 7) is 4.58. The van der Waals surface area contributed by atoms with Crippen molar-refractivity contribution < 1.29 is 4.92 Å². The van der Waals surface area contributed by atoms with E-state index in [1.807, 2.05) is 12.1 Å². The minimum atomic E-state index is -0.325. The molecule has 1 unspecified atom stereocenters. The van der Waals surface area contributed by atoms with Crippen LogP contribution in [0.1, 0.15) is 6.92 Å². The molecule has 2 rings (SSSR count). The Morgan fingerprint density at radius 2 is 2.35 bits per heavy atom. The summed E-state index contributed by atoms with van der Waals surface area (Å²) in [6.07, 6.45) is 0. The number of hydrogen-bond donors (Lipinski definition) is 1. The van der Waals surface area contributed by atoms with Crippen molar-refractivity contribution in [3.05, 3.63) is 32.8 Å². The van der Waals surface area contributed by atoms with Gasteiger partial charge in [-0.05, 0) is 19.1 Å². The molecule has 0 aliphatic carbocycles. The predicted octanol–water partition coefficient (Wildman–Crippen LogP) is 2.16. The molecule has 1 aromatic carbocycles. The molecule has 1 aromatic rings. The molecule has 1 aliphatic rings.